The lowest BCUT2D eigenvalue weighted by molar-refractivity contribution is 0.0949. The number of anilines is 2. The smallest absolute Gasteiger partial charge is 0.265 e. The van der Waals surface area contributed by atoms with Crippen LogP contribution in [0.3, 0.4) is 0 Å². The number of nitrogens with one attached hydrogen (secondary N) is 1. The first-order chi connectivity index (χ1) is 9.61. The van der Waals surface area contributed by atoms with Gasteiger partial charge in [0.2, 0.25) is 0 Å². The van der Waals surface area contributed by atoms with Crippen LogP contribution in [0.15, 0.2) is 0 Å². The number of hydrogen-bond acceptors (Lipinski definition) is 6. The molecule has 0 aromatic carbocycles. The lowest BCUT2D eigenvalue weighted by Gasteiger charge is -2.13. The third kappa shape index (κ3) is 3.61. The van der Waals surface area contributed by atoms with Crippen molar-refractivity contribution in [2.45, 2.75) is 19.8 Å². The Labute approximate surface area is 123 Å². The molecule has 1 aliphatic heterocycles. The summed E-state index contributed by atoms with van der Waals surface area (Å²) in [6.07, 6.45) is 2.03. The lowest BCUT2D eigenvalue weighted by atomic mass is 10.1. The van der Waals surface area contributed by atoms with Crippen molar-refractivity contribution < 1.29 is 9.53 Å². The molecule has 1 amide bonds. The Hall–Kier alpha value is -1.34. The standard InChI is InChI=1S/C13H22N4O2S/c1-3-5-17(2)13-16-11(14)10(20-13)12(18)15-7-9-4-6-19-8-9/h9H,3-8,14H2,1-2H3,(H,15,18). The van der Waals surface area contributed by atoms with Crippen molar-refractivity contribution in [2.75, 3.05) is 44.0 Å². The zero-order valence-electron chi connectivity index (χ0n) is 12.0. The van der Waals surface area contributed by atoms with Gasteiger partial charge in [0.25, 0.3) is 5.91 Å². The molecule has 2 rings (SSSR count). The first-order valence-electron chi connectivity index (χ1n) is 6.95. The Balaban J connectivity index is 1.94. The van der Waals surface area contributed by atoms with Crippen LogP contribution in [0, 0.1) is 5.92 Å². The van der Waals surface area contributed by atoms with E-state index in [4.69, 9.17) is 10.5 Å². The first kappa shape index (κ1) is 15.1. The van der Waals surface area contributed by atoms with Crippen molar-refractivity contribution in [2.24, 2.45) is 5.92 Å². The predicted octanol–water partition coefficient (Wildman–Crippen LogP) is 1.34. The molecule has 2 heterocycles. The fourth-order valence-corrected chi connectivity index (χ4v) is 3.03. The molecule has 0 aliphatic carbocycles. The van der Waals surface area contributed by atoms with Gasteiger partial charge in [-0.1, -0.05) is 18.3 Å². The molecule has 112 valence electrons. The normalized spacial score (nSPS) is 18.2. The number of amides is 1. The van der Waals surface area contributed by atoms with Crippen molar-refractivity contribution in [1.82, 2.24) is 10.3 Å². The highest BCUT2D eigenvalue weighted by atomic mass is 32.1. The zero-order chi connectivity index (χ0) is 14.5. The third-order valence-corrected chi connectivity index (χ3v) is 4.49. The summed E-state index contributed by atoms with van der Waals surface area (Å²) >= 11 is 1.34. The molecular weight excluding hydrogens is 276 g/mol. The Morgan fingerprint density at radius 3 is 3.10 bits per heavy atom. The van der Waals surface area contributed by atoms with E-state index >= 15 is 0 Å². The van der Waals surface area contributed by atoms with Gasteiger partial charge in [-0.05, 0) is 12.8 Å². The van der Waals surface area contributed by atoms with Gasteiger partial charge in [0.1, 0.15) is 10.7 Å². The molecule has 1 aliphatic rings. The van der Waals surface area contributed by atoms with E-state index in [0.717, 1.165) is 37.7 Å². The minimum Gasteiger partial charge on any atom is -0.382 e. The van der Waals surface area contributed by atoms with Crippen molar-refractivity contribution in [3.05, 3.63) is 4.88 Å². The van der Waals surface area contributed by atoms with E-state index in [1.165, 1.54) is 11.3 Å². The Kier molecular flexibility index (Phi) is 5.19. The molecule has 0 saturated carbocycles. The average molecular weight is 298 g/mol. The summed E-state index contributed by atoms with van der Waals surface area (Å²) in [4.78, 5) is 18.9. The van der Waals surface area contributed by atoms with E-state index in [1.54, 1.807) is 0 Å². The maximum atomic E-state index is 12.1. The van der Waals surface area contributed by atoms with Gasteiger partial charge in [-0.2, -0.15) is 0 Å². The molecular formula is C13H22N4O2S. The molecule has 1 fully saturated rings. The molecule has 0 bridgehead atoms. The summed E-state index contributed by atoms with van der Waals surface area (Å²) < 4.78 is 5.29. The maximum absolute atomic E-state index is 12.1. The highest BCUT2D eigenvalue weighted by Gasteiger charge is 2.20. The van der Waals surface area contributed by atoms with Gasteiger partial charge in [-0.15, -0.1) is 0 Å². The largest absolute Gasteiger partial charge is 0.382 e. The molecule has 7 heteroatoms. The second-order valence-corrected chi connectivity index (χ2v) is 6.05. The third-order valence-electron chi connectivity index (χ3n) is 3.31. The molecule has 1 aromatic rings. The number of nitrogens with two attached hydrogens (primary N) is 1. The van der Waals surface area contributed by atoms with Gasteiger partial charge >= 0.3 is 0 Å². The Morgan fingerprint density at radius 2 is 2.45 bits per heavy atom. The summed E-state index contributed by atoms with van der Waals surface area (Å²) in [5, 5.41) is 3.71. The molecule has 6 nitrogen and oxygen atoms in total. The van der Waals surface area contributed by atoms with E-state index < -0.39 is 0 Å². The van der Waals surface area contributed by atoms with E-state index in [1.807, 2.05) is 11.9 Å². The van der Waals surface area contributed by atoms with Crippen LogP contribution >= 0.6 is 11.3 Å². The van der Waals surface area contributed by atoms with Gasteiger partial charge in [-0.3, -0.25) is 4.79 Å². The highest BCUT2D eigenvalue weighted by molar-refractivity contribution is 7.18. The number of ether oxygens (including phenoxy) is 1. The summed E-state index contributed by atoms with van der Waals surface area (Å²) in [6.45, 7) is 5.15. The first-order valence-corrected chi connectivity index (χ1v) is 7.76. The Bertz CT molecular complexity index is 457. The number of carbonyl (C=O) groups excluding carboxylic acids is 1. The summed E-state index contributed by atoms with van der Waals surface area (Å²) in [5.41, 5.74) is 5.85. The molecule has 0 radical (unpaired) electrons. The van der Waals surface area contributed by atoms with E-state index in [-0.39, 0.29) is 5.91 Å². The van der Waals surface area contributed by atoms with Crippen LogP contribution < -0.4 is 16.0 Å². The lowest BCUT2D eigenvalue weighted by Crippen LogP contribution is -2.29. The van der Waals surface area contributed by atoms with Crippen LogP contribution in [0.4, 0.5) is 10.9 Å². The van der Waals surface area contributed by atoms with E-state index in [2.05, 4.69) is 17.2 Å². The molecule has 20 heavy (non-hydrogen) atoms. The minimum atomic E-state index is -0.136. The highest BCUT2D eigenvalue weighted by Crippen LogP contribution is 2.27. The quantitative estimate of drug-likeness (QED) is 0.828. The van der Waals surface area contributed by atoms with Crippen molar-refractivity contribution in [3.8, 4) is 0 Å². The van der Waals surface area contributed by atoms with E-state index in [9.17, 15) is 4.79 Å². The Morgan fingerprint density at radius 1 is 1.65 bits per heavy atom. The van der Waals surface area contributed by atoms with Crippen LogP contribution in [-0.2, 0) is 4.74 Å². The zero-order valence-corrected chi connectivity index (χ0v) is 12.8. The second kappa shape index (κ2) is 6.90. The SMILES string of the molecule is CCCN(C)c1nc(N)c(C(=O)NCC2CCOC2)s1. The second-order valence-electron chi connectivity index (χ2n) is 5.07. The number of nitrogen functional groups attached to an aromatic ring is 1. The minimum absolute atomic E-state index is 0.136. The van der Waals surface area contributed by atoms with Crippen molar-refractivity contribution in [1.29, 1.82) is 0 Å². The molecule has 1 atom stereocenters. The molecule has 1 aromatic heterocycles. The van der Waals surface area contributed by atoms with Gasteiger partial charge in [0.15, 0.2) is 5.13 Å². The van der Waals surface area contributed by atoms with Gasteiger partial charge in [-0.25, -0.2) is 4.98 Å². The number of carbonyl (C=O) groups is 1. The van der Waals surface area contributed by atoms with Crippen LogP contribution in [-0.4, -0.2) is 44.2 Å². The fraction of sp³-hybridized carbons (Fsp3) is 0.692. The number of hydrogen-bond donors (Lipinski definition) is 2. The monoisotopic (exact) mass is 298 g/mol. The van der Waals surface area contributed by atoms with Crippen LogP contribution in [0.5, 0.6) is 0 Å². The van der Waals surface area contributed by atoms with Crippen molar-refractivity contribution in [3.63, 3.8) is 0 Å². The molecule has 3 N–H and O–H groups in total. The van der Waals surface area contributed by atoms with Crippen LogP contribution in [0.1, 0.15) is 29.4 Å². The van der Waals surface area contributed by atoms with Gasteiger partial charge in [0, 0.05) is 32.7 Å². The topological polar surface area (TPSA) is 80.5 Å². The van der Waals surface area contributed by atoms with Gasteiger partial charge < -0.3 is 20.7 Å². The van der Waals surface area contributed by atoms with Gasteiger partial charge in [0.05, 0.1) is 6.61 Å². The fourth-order valence-electron chi connectivity index (χ4n) is 2.14. The van der Waals surface area contributed by atoms with E-state index in [0.29, 0.717) is 23.2 Å². The summed E-state index contributed by atoms with van der Waals surface area (Å²) in [5.74, 6) is 0.589. The summed E-state index contributed by atoms with van der Waals surface area (Å²) in [6, 6.07) is 0. The molecule has 1 unspecified atom stereocenters. The van der Waals surface area contributed by atoms with Crippen LogP contribution in [0.2, 0.25) is 0 Å². The summed E-state index contributed by atoms with van der Waals surface area (Å²) in [7, 11) is 1.96. The van der Waals surface area contributed by atoms with Crippen molar-refractivity contribution >= 4 is 28.2 Å². The average Bonchev–Trinajstić information content (AvgIpc) is 3.05. The number of nitrogens with zero attached hydrogens (tertiary/aromatic N) is 2. The number of aromatic nitrogens is 1. The van der Waals surface area contributed by atoms with Crippen LogP contribution in [0.25, 0.3) is 0 Å². The molecule has 1 saturated heterocycles. The number of rotatable bonds is 6. The predicted molar refractivity (Wildman–Crippen MR) is 81.3 cm³/mol. The molecule has 0 spiro atoms. The number of thiazole rings is 1. The maximum Gasteiger partial charge on any atom is 0.265 e.